The second kappa shape index (κ2) is 10.9. The second-order valence-corrected chi connectivity index (χ2v) is 8.96. The van der Waals surface area contributed by atoms with E-state index in [1.54, 1.807) is 0 Å². The maximum Gasteiger partial charge on any atom is 0.227 e. The molecule has 0 aliphatic carbocycles. The first kappa shape index (κ1) is 22.7. The Balaban J connectivity index is 1.54. The molecule has 4 heteroatoms. The van der Waals surface area contributed by atoms with Crippen LogP contribution in [0, 0.1) is 0 Å². The summed E-state index contributed by atoms with van der Waals surface area (Å²) in [6, 6.07) is 36.6. The predicted octanol–water partition coefficient (Wildman–Crippen LogP) is 5.87. The molecule has 4 nitrogen and oxygen atoms in total. The highest BCUT2D eigenvalue weighted by atomic mass is 16.5. The molecule has 0 spiro atoms. The molecule has 0 saturated carbocycles. The molecule has 1 amide bonds. The highest BCUT2D eigenvalue weighted by Crippen LogP contribution is 2.26. The zero-order valence-corrected chi connectivity index (χ0v) is 19.8. The van der Waals surface area contributed by atoms with Gasteiger partial charge in [-0.2, -0.15) is 0 Å². The third kappa shape index (κ3) is 5.72. The van der Waals surface area contributed by atoms with Crippen LogP contribution in [0.25, 0.3) is 0 Å². The summed E-state index contributed by atoms with van der Waals surface area (Å²) in [5.74, 6) is 0.955. The molecule has 0 unspecified atom stereocenters. The van der Waals surface area contributed by atoms with Gasteiger partial charge >= 0.3 is 0 Å². The number of ether oxygens (including phenoxy) is 1. The third-order valence-corrected chi connectivity index (χ3v) is 6.50. The maximum absolute atomic E-state index is 13.8. The van der Waals surface area contributed by atoms with Crippen molar-refractivity contribution in [1.29, 1.82) is 0 Å². The monoisotopic (exact) mass is 462 g/mol. The summed E-state index contributed by atoms with van der Waals surface area (Å²) in [5.41, 5.74) is 5.45. The highest BCUT2D eigenvalue weighted by molar-refractivity contribution is 5.79. The molecule has 0 aromatic heterocycles. The van der Waals surface area contributed by atoms with Crippen molar-refractivity contribution in [3.63, 3.8) is 0 Å². The van der Waals surface area contributed by atoms with Gasteiger partial charge in [-0.25, -0.2) is 0 Å². The Bertz CT molecular complexity index is 1260. The quantitative estimate of drug-likeness (QED) is 0.412. The Kier molecular flexibility index (Phi) is 7.09. The van der Waals surface area contributed by atoms with Crippen molar-refractivity contribution in [1.82, 2.24) is 4.90 Å². The Morgan fingerprint density at radius 3 is 2.17 bits per heavy atom. The van der Waals surface area contributed by atoms with Crippen molar-refractivity contribution in [2.45, 2.75) is 32.0 Å². The average Bonchev–Trinajstić information content (AvgIpc) is 2.93. The largest absolute Gasteiger partial charge is 0.491 e. The number of hydrogen-bond donors (Lipinski definition) is 1. The molecule has 4 aromatic carbocycles. The standard InChI is InChI=1S/C31H30N2O2/c34-31(20-25-13-5-2-6-14-25)33-22-27-16-7-9-17-29(27)32-21-26-15-8-10-18-30(26)35-23-28(33)19-24-11-3-1-4-12-24/h1-18,28,32H,19-23H2/t28-/m0/s1. The second-order valence-electron chi connectivity index (χ2n) is 8.96. The van der Waals surface area contributed by atoms with E-state index in [4.69, 9.17) is 4.74 Å². The predicted molar refractivity (Wildman–Crippen MR) is 140 cm³/mol. The molecule has 0 bridgehead atoms. The van der Waals surface area contributed by atoms with E-state index in [0.717, 1.165) is 34.5 Å². The highest BCUT2D eigenvalue weighted by Gasteiger charge is 2.27. The number of amides is 1. The van der Waals surface area contributed by atoms with E-state index >= 15 is 0 Å². The number of rotatable bonds is 4. The Morgan fingerprint density at radius 2 is 1.40 bits per heavy atom. The van der Waals surface area contributed by atoms with Crippen molar-refractivity contribution in [3.8, 4) is 5.75 Å². The van der Waals surface area contributed by atoms with Crippen LogP contribution in [0.2, 0.25) is 0 Å². The van der Waals surface area contributed by atoms with Gasteiger partial charge in [0.2, 0.25) is 5.91 Å². The third-order valence-electron chi connectivity index (χ3n) is 6.50. The van der Waals surface area contributed by atoms with Crippen LogP contribution < -0.4 is 10.1 Å². The molecule has 1 heterocycles. The molecule has 0 fully saturated rings. The Hall–Kier alpha value is -4.05. The van der Waals surface area contributed by atoms with Gasteiger partial charge in [0.1, 0.15) is 12.4 Å². The van der Waals surface area contributed by atoms with Crippen LogP contribution in [-0.4, -0.2) is 23.5 Å². The minimum atomic E-state index is -0.118. The van der Waals surface area contributed by atoms with Crippen molar-refractivity contribution in [3.05, 3.63) is 131 Å². The van der Waals surface area contributed by atoms with E-state index in [1.807, 2.05) is 83.8 Å². The van der Waals surface area contributed by atoms with Crippen LogP contribution in [-0.2, 0) is 30.7 Å². The lowest BCUT2D eigenvalue weighted by Gasteiger charge is -2.33. The smallest absolute Gasteiger partial charge is 0.227 e. The number of anilines is 1. The minimum Gasteiger partial charge on any atom is -0.491 e. The van der Waals surface area contributed by atoms with Gasteiger partial charge in [-0.15, -0.1) is 0 Å². The molecule has 5 rings (SSSR count). The van der Waals surface area contributed by atoms with Crippen molar-refractivity contribution >= 4 is 11.6 Å². The summed E-state index contributed by atoms with van der Waals surface area (Å²) in [6.45, 7) is 1.61. The van der Waals surface area contributed by atoms with Gasteiger partial charge < -0.3 is 15.0 Å². The summed E-state index contributed by atoms with van der Waals surface area (Å²) >= 11 is 0. The molecular weight excluding hydrogens is 432 g/mol. The molecule has 1 atom stereocenters. The Labute approximate surface area is 207 Å². The first-order valence-electron chi connectivity index (χ1n) is 12.2. The average molecular weight is 463 g/mol. The molecule has 1 aliphatic rings. The van der Waals surface area contributed by atoms with Crippen LogP contribution in [0.15, 0.2) is 109 Å². The molecule has 0 saturated heterocycles. The fourth-order valence-electron chi connectivity index (χ4n) is 4.62. The maximum atomic E-state index is 13.8. The normalized spacial score (nSPS) is 15.5. The number of hydrogen-bond acceptors (Lipinski definition) is 3. The first-order chi connectivity index (χ1) is 17.3. The van der Waals surface area contributed by atoms with E-state index in [0.29, 0.717) is 26.1 Å². The summed E-state index contributed by atoms with van der Waals surface area (Å²) < 4.78 is 6.40. The van der Waals surface area contributed by atoms with Gasteiger partial charge in [-0.1, -0.05) is 97.1 Å². The van der Waals surface area contributed by atoms with Crippen LogP contribution >= 0.6 is 0 Å². The van der Waals surface area contributed by atoms with Gasteiger partial charge in [0.15, 0.2) is 0 Å². The van der Waals surface area contributed by atoms with Gasteiger partial charge in [-0.3, -0.25) is 4.79 Å². The molecule has 1 aliphatic heterocycles. The fraction of sp³-hybridized carbons (Fsp3) is 0.194. The van der Waals surface area contributed by atoms with E-state index in [9.17, 15) is 4.79 Å². The summed E-state index contributed by atoms with van der Waals surface area (Å²) in [5, 5.41) is 3.57. The molecular formula is C31H30N2O2. The van der Waals surface area contributed by atoms with E-state index in [1.165, 1.54) is 5.56 Å². The van der Waals surface area contributed by atoms with Gasteiger partial charge in [0.25, 0.3) is 0 Å². The van der Waals surface area contributed by atoms with Crippen LogP contribution in [0.5, 0.6) is 5.75 Å². The van der Waals surface area contributed by atoms with Gasteiger partial charge in [-0.05, 0) is 35.2 Å². The number of nitrogens with one attached hydrogen (secondary N) is 1. The summed E-state index contributed by atoms with van der Waals surface area (Å²) in [4.78, 5) is 15.8. The summed E-state index contributed by atoms with van der Waals surface area (Å²) in [6.07, 6.45) is 1.08. The van der Waals surface area contributed by atoms with Crippen molar-refractivity contribution in [2.75, 3.05) is 11.9 Å². The van der Waals surface area contributed by atoms with Gasteiger partial charge in [0, 0.05) is 24.3 Å². The molecule has 0 radical (unpaired) electrons. The van der Waals surface area contributed by atoms with Crippen LogP contribution in [0.3, 0.4) is 0 Å². The first-order valence-corrected chi connectivity index (χ1v) is 12.2. The van der Waals surface area contributed by atoms with E-state index < -0.39 is 0 Å². The van der Waals surface area contributed by atoms with Crippen molar-refractivity contribution in [2.24, 2.45) is 0 Å². The van der Waals surface area contributed by atoms with Gasteiger partial charge in [0.05, 0.1) is 12.5 Å². The lowest BCUT2D eigenvalue weighted by molar-refractivity contribution is -0.134. The lowest BCUT2D eigenvalue weighted by atomic mass is 10.0. The molecule has 35 heavy (non-hydrogen) atoms. The molecule has 176 valence electrons. The fourth-order valence-corrected chi connectivity index (χ4v) is 4.62. The molecule has 1 N–H and O–H groups in total. The number of fused-ring (bicyclic) bond motifs is 2. The minimum absolute atomic E-state index is 0.100. The van der Waals surface area contributed by atoms with Crippen molar-refractivity contribution < 1.29 is 9.53 Å². The zero-order valence-electron chi connectivity index (χ0n) is 19.8. The number of carbonyl (C=O) groups excluding carboxylic acids is 1. The van der Waals surface area contributed by atoms with Crippen LogP contribution in [0.1, 0.15) is 22.3 Å². The number of benzene rings is 4. The van der Waals surface area contributed by atoms with Crippen LogP contribution in [0.4, 0.5) is 5.69 Å². The topological polar surface area (TPSA) is 41.6 Å². The summed E-state index contributed by atoms with van der Waals surface area (Å²) in [7, 11) is 0. The molecule has 4 aromatic rings. The number of para-hydroxylation sites is 2. The zero-order chi connectivity index (χ0) is 23.9. The lowest BCUT2D eigenvalue weighted by Crippen LogP contribution is -2.45. The van der Waals surface area contributed by atoms with E-state index in [2.05, 4.69) is 35.6 Å². The number of nitrogens with zero attached hydrogens (tertiary/aromatic N) is 1. The number of carbonyl (C=O) groups is 1. The Morgan fingerprint density at radius 1 is 0.771 bits per heavy atom. The van der Waals surface area contributed by atoms with E-state index in [-0.39, 0.29) is 11.9 Å². The SMILES string of the molecule is O=C(Cc1ccccc1)N1Cc2ccccc2NCc2ccccc2OC[C@@H]1Cc1ccccc1.